The summed E-state index contributed by atoms with van der Waals surface area (Å²) in [5.41, 5.74) is 4.35. The topological polar surface area (TPSA) is 75.9 Å². The van der Waals surface area contributed by atoms with Gasteiger partial charge in [-0.3, -0.25) is 4.79 Å². The summed E-state index contributed by atoms with van der Waals surface area (Å²) in [5, 5.41) is 13.5. The lowest BCUT2D eigenvalue weighted by Crippen LogP contribution is -2.21. The van der Waals surface area contributed by atoms with Crippen molar-refractivity contribution in [1.29, 1.82) is 0 Å². The maximum Gasteiger partial charge on any atom is 0.221 e. The highest BCUT2D eigenvalue weighted by Crippen LogP contribution is 2.39. The van der Waals surface area contributed by atoms with Crippen molar-refractivity contribution in [2.45, 2.75) is 32.2 Å². The van der Waals surface area contributed by atoms with Gasteiger partial charge >= 0.3 is 0 Å². The van der Waals surface area contributed by atoms with Crippen molar-refractivity contribution in [3.05, 3.63) is 71.7 Å². The third-order valence-electron chi connectivity index (χ3n) is 5.06. The molecule has 3 aromatic rings. The van der Waals surface area contributed by atoms with E-state index in [0.29, 0.717) is 31.7 Å². The highest BCUT2D eigenvalue weighted by atomic mass is 16.5. The number of amides is 1. The van der Waals surface area contributed by atoms with Gasteiger partial charge in [0.2, 0.25) is 5.91 Å². The fraction of sp³-hybridized carbons (Fsp3) is 0.273. The second kappa shape index (κ2) is 7.38. The molecule has 4 rings (SSSR count). The minimum Gasteiger partial charge on any atom is -0.504 e. The van der Waals surface area contributed by atoms with Crippen LogP contribution in [0.1, 0.15) is 41.8 Å². The standard InChI is InChI=1S/C22H23N3O3/c1-3-7-14-10-15(11-18(22(14)27)28-4-2)16-12-20(26)23-13-17-21(16)25-9-6-5-8-19(25)24-17/h3,5-6,8-11,16,27H,1,4,7,12-13H2,2H3,(H,23,26)/t16-/m0/s1. The highest BCUT2D eigenvalue weighted by molar-refractivity contribution is 5.78. The highest BCUT2D eigenvalue weighted by Gasteiger charge is 2.30. The van der Waals surface area contributed by atoms with E-state index in [9.17, 15) is 9.90 Å². The molecule has 0 saturated heterocycles. The van der Waals surface area contributed by atoms with Crippen LogP contribution in [-0.2, 0) is 17.8 Å². The van der Waals surface area contributed by atoms with Crippen molar-refractivity contribution in [1.82, 2.24) is 14.7 Å². The van der Waals surface area contributed by atoms with Crippen LogP contribution in [0.2, 0.25) is 0 Å². The van der Waals surface area contributed by atoms with Crippen LogP contribution in [0.3, 0.4) is 0 Å². The lowest BCUT2D eigenvalue weighted by Gasteiger charge is -2.19. The molecular weight excluding hydrogens is 354 g/mol. The maximum atomic E-state index is 12.4. The fourth-order valence-corrected chi connectivity index (χ4v) is 3.84. The first-order chi connectivity index (χ1) is 13.6. The zero-order chi connectivity index (χ0) is 19.7. The molecule has 0 fully saturated rings. The molecule has 6 heteroatoms. The van der Waals surface area contributed by atoms with Gasteiger partial charge < -0.3 is 19.6 Å². The Morgan fingerprint density at radius 3 is 3.07 bits per heavy atom. The summed E-state index contributed by atoms with van der Waals surface area (Å²) >= 11 is 0. The molecule has 1 aliphatic heterocycles. The molecule has 1 amide bonds. The summed E-state index contributed by atoms with van der Waals surface area (Å²) in [4.78, 5) is 17.1. The number of rotatable bonds is 5. The van der Waals surface area contributed by atoms with Gasteiger partial charge in [0.15, 0.2) is 11.5 Å². The molecule has 0 saturated carbocycles. The van der Waals surface area contributed by atoms with E-state index in [1.54, 1.807) is 6.08 Å². The van der Waals surface area contributed by atoms with Crippen LogP contribution in [0.5, 0.6) is 11.5 Å². The number of hydrogen-bond acceptors (Lipinski definition) is 4. The third kappa shape index (κ3) is 3.11. The molecule has 6 nitrogen and oxygen atoms in total. The largest absolute Gasteiger partial charge is 0.504 e. The number of hydrogen-bond donors (Lipinski definition) is 2. The van der Waals surface area contributed by atoms with E-state index in [1.165, 1.54) is 0 Å². The predicted octanol–water partition coefficient (Wildman–Crippen LogP) is 3.32. The Balaban J connectivity index is 1.92. The van der Waals surface area contributed by atoms with Crippen LogP contribution in [0.4, 0.5) is 0 Å². The molecule has 1 aromatic carbocycles. The number of phenols is 1. The molecule has 1 aliphatic rings. The molecule has 0 bridgehead atoms. The number of benzene rings is 1. The number of nitrogens with zero attached hydrogens (tertiary/aromatic N) is 2. The number of aromatic nitrogens is 2. The van der Waals surface area contributed by atoms with Gasteiger partial charge in [-0.1, -0.05) is 18.2 Å². The molecule has 144 valence electrons. The number of pyridine rings is 1. The van der Waals surface area contributed by atoms with Gasteiger partial charge in [0, 0.05) is 24.1 Å². The lowest BCUT2D eigenvalue weighted by molar-refractivity contribution is -0.121. The monoisotopic (exact) mass is 377 g/mol. The van der Waals surface area contributed by atoms with Crippen LogP contribution in [-0.4, -0.2) is 27.0 Å². The van der Waals surface area contributed by atoms with Gasteiger partial charge in [0.05, 0.1) is 24.5 Å². The van der Waals surface area contributed by atoms with Crippen LogP contribution >= 0.6 is 0 Å². The van der Waals surface area contributed by atoms with Crippen LogP contribution in [0.15, 0.2) is 49.2 Å². The summed E-state index contributed by atoms with van der Waals surface area (Å²) in [6.45, 7) is 6.50. The smallest absolute Gasteiger partial charge is 0.221 e. The Labute approximate surface area is 163 Å². The fourth-order valence-electron chi connectivity index (χ4n) is 3.84. The first-order valence-corrected chi connectivity index (χ1v) is 9.44. The lowest BCUT2D eigenvalue weighted by atomic mass is 9.89. The van der Waals surface area contributed by atoms with Gasteiger partial charge in [-0.2, -0.15) is 0 Å². The average Bonchev–Trinajstić information content (AvgIpc) is 2.97. The van der Waals surface area contributed by atoms with E-state index in [0.717, 1.165) is 28.2 Å². The molecule has 0 radical (unpaired) electrons. The SMILES string of the molecule is C=CCc1cc([C@@H]2CC(=O)NCc3nc4ccccn4c32)cc(OCC)c1O. The molecular formula is C22H23N3O3. The van der Waals surface area contributed by atoms with E-state index in [4.69, 9.17) is 9.72 Å². The molecule has 0 aliphatic carbocycles. The number of ether oxygens (including phenoxy) is 1. The first-order valence-electron chi connectivity index (χ1n) is 9.44. The number of imidazole rings is 1. The van der Waals surface area contributed by atoms with E-state index in [2.05, 4.69) is 11.9 Å². The molecule has 3 heterocycles. The van der Waals surface area contributed by atoms with Gasteiger partial charge in [-0.15, -0.1) is 6.58 Å². The second-order valence-corrected chi connectivity index (χ2v) is 6.86. The number of nitrogens with one attached hydrogen (secondary N) is 1. The maximum absolute atomic E-state index is 12.4. The van der Waals surface area contributed by atoms with E-state index in [-0.39, 0.29) is 17.6 Å². The number of fused-ring (bicyclic) bond motifs is 3. The zero-order valence-electron chi connectivity index (χ0n) is 15.8. The quantitative estimate of drug-likeness (QED) is 0.669. The third-order valence-corrected chi connectivity index (χ3v) is 5.06. The van der Waals surface area contributed by atoms with Crippen LogP contribution in [0, 0.1) is 0 Å². The Hall–Kier alpha value is -3.28. The van der Waals surface area contributed by atoms with Crippen molar-refractivity contribution < 1.29 is 14.6 Å². The molecule has 2 N–H and O–H groups in total. The predicted molar refractivity (Wildman–Crippen MR) is 107 cm³/mol. The minimum absolute atomic E-state index is 0.0241. The minimum atomic E-state index is -0.196. The van der Waals surface area contributed by atoms with E-state index >= 15 is 0 Å². The second-order valence-electron chi connectivity index (χ2n) is 6.86. The van der Waals surface area contributed by atoms with E-state index in [1.807, 2.05) is 47.9 Å². The number of phenolic OH excluding ortho intramolecular Hbond substituents is 1. The van der Waals surface area contributed by atoms with Crippen molar-refractivity contribution >= 4 is 11.6 Å². The van der Waals surface area contributed by atoms with Gasteiger partial charge in [0.1, 0.15) is 5.65 Å². The molecule has 28 heavy (non-hydrogen) atoms. The zero-order valence-corrected chi connectivity index (χ0v) is 15.8. The summed E-state index contributed by atoms with van der Waals surface area (Å²) in [6.07, 6.45) is 4.53. The van der Waals surface area contributed by atoms with Crippen LogP contribution < -0.4 is 10.1 Å². The van der Waals surface area contributed by atoms with Crippen molar-refractivity contribution in [3.8, 4) is 11.5 Å². The normalized spacial score (nSPS) is 16.3. The van der Waals surface area contributed by atoms with E-state index < -0.39 is 0 Å². The summed E-state index contributed by atoms with van der Waals surface area (Å²) in [5.74, 6) is 0.334. The van der Waals surface area contributed by atoms with Crippen molar-refractivity contribution in [2.24, 2.45) is 0 Å². The Morgan fingerprint density at radius 1 is 1.43 bits per heavy atom. The first kappa shape index (κ1) is 18.1. The summed E-state index contributed by atoms with van der Waals surface area (Å²) in [7, 11) is 0. The summed E-state index contributed by atoms with van der Waals surface area (Å²) < 4.78 is 7.71. The molecule has 1 atom stereocenters. The number of carbonyl (C=O) groups excluding carboxylic acids is 1. The van der Waals surface area contributed by atoms with Crippen molar-refractivity contribution in [3.63, 3.8) is 0 Å². The number of aromatic hydroxyl groups is 1. The van der Waals surface area contributed by atoms with Gasteiger partial charge in [-0.05, 0) is 37.1 Å². The molecule has 0 spiro atoms. The molecule has 2 aromatic heterocycles. The number of allylic oxidation sites excluding steroid dienone is 1. The van der Waals surface area contributed by atoms with Gasteiger partial charge in [0.25, 0.3) is 0 Å². The Morgan fingerprint density at radius 2 is 2.29 bits per heavy atom. The Bertz CT molecular complexity index is 1050. The summed E-state index contributed by atoms with van der Waals surface area (Å²) in [6, 6.07) is 9.64. The van der Waals surface area contributed by atoms with Crippen molar-refractivity contribution in [2.75, 3.05) is 6.61 Å². The van der Waals surface area contributed by atoms with Gasteiger partial charge in [-0.25, -0.2) is 4.98 Å². The molecule has 0 unspecified atom stereocenters. The average molecular weight is 377 g/mol. The Kier molecular flexibility index (Phi) is 4.77. The number of carbonyl (C=O) groups is 1. The van der Waals surface area contributed by atoms with Crippen LogP contribution in [0.25, 0.3) is 5.65 Å².